The van der Waals surface area contributed by atoms with Crippen molar-refractivity contribution >= 4 is 34.4 Å². The number of esters is 1. The Morgan fingerprint density at radius 3 is 2.71 bits per heavy atom. The third kappa shape index (κ3) is 4.84. The Balaban J connectivity index is 1.62. The van der Waals surface area contributed by atoms with Gasteiger partial charge in [-0.15, -0.1) is 0 Å². The van der Waals surface area contributed by atoms with Crippen LogP contribution in [0.1, 0.15) is 22.8 Å². The first kappa shape index (κ1) is 19.8. The number of rotatable bonds is 6. The van der Waals surface area contributed by atoms with Gasteiger partial charge in [-0.05, 0) is 55.0 Å². The number of ether oxygens (including phenoxy) is 1. The quantitative estimate of drug-likeness (QED) is 0.459. The normalized spacial score (nSPS) is 10.7. The van der Waals surface area contributed by atoms with Crippen LogP contribution >= 0.6 is 11.6 Å². The molecule has 0 aliphatic rings. The van der Waals surface area contributed by atoms with Crippen LogP contribution in [0.4, 0.5) is 4.39 Å². The predicted molar refractivity (Wildman–Crippen MR) is 105 cm³/mol. The highest BCUT2D eigenvalue weighted by Gasteiger charge is 2.16. The van der Waals surface area contributed by atoms with Gasteiger partial charge in [-0.3, -0.25) is 4.79 Å². The summed E-state index contributed by atoms with van der Waals surface area (Å²) in [6, 6.07) is 14.3. The second-order valence-electron chi connectivity index (χ2n) is 6.16. The zero-order valence-corrected chi connectivity index (χ0v) is 15.9. The largest absolute Gasteiger partial charge is 0.452 e. The highest BCUT2D eigenvalue weighted by atomic mass is 35.5. The average Bonchev–Trinajstić information content (AvgIpc) is 2.69. The number of halogens is 2. The maximum atomic E-state index is 13.3. The summed E-state index contributed by atoms with van der Waals surface area (Å²) < 4.78 is 18.5. The molecule has 2 aromatic carbocycles. The number of amides is 1. The smallest absolute Gasteiger partial charge is 0.338 e. The van der Waals surface area contributed by atoms with Crippen molar-refractivity contribution in [2.24, 2.45) is 0 Å². The lowest BCUT2D eigenvalue weighted by Crippen LogP contribution is -2.34. The molecule has 3 aromatic rings. The Morgan fingerprint density at radius 1 is 1.14 bits per heavy atom. The third-order valence-corrected chi connectivity index (χ3v) is 4.43. The van der Waals surface area contributed by atoms with E-state index in [1.807, 2.05) is 0 Å². The zero-order chi connectivity index (χ0) is 20.1. The first-order valence-electron chi connectivity index (χ1n) is 8.72. The lowest BCUT2D eigenvalue weighted by molar-refractivity contribution is -0.134. The van der Waals surface area contributed by atoms with Crippen molar-refractivity contribution in [2.75, 3.05) is 13.2 Å². The molecule has 0 radical (unpaired) electrons. The zero-order valence-electron chi connectivity index (χ0n) is 15.2. The summed E-state index contributed by atoms with van der Waals surface area (Å²) in [6.45, 7) is 2.07. The minimum Gasteiger partial charge on any atom is -0.452 e. The monoisotopic (exact) mass is 400 g/mol. The molecule has 28 heavy (non-hydrogen) atoms. The van der Waals surface area contributed by atoms with Gasteiger partial charge < -0.3 is 9.64 Å². The van der Waals surface area contributed by atoms with Gasteiger partial charge >= 0.3 is 5.97 Å². The van der Waals surface area contributed by atoms with Crippen LogP contribution in [0.5, 0.6) is 0 Å². The van der Waals surface area contributed by atoms with E-state index in [4.69, 9.17) is 16.3 Å². The topological polar surface area (TPSA) is 59.5 Å². The summed E-state index contributed by atoms with van der Waals surface area (Å²) >= 11 is 5.85. The Bertz CT molecular complexity index is 1030. The summed E-state index contributed by atoms with van der Waals surface area (Å²) in [6.07, 6.45) is 0. The lowest BCUT2D eigenvalue weighted by Gasteiger charge is -2.21. The second-order valence-corrected chi connectivity index (χ2v) is 6.54. The van der Waals surface area contributed by atoms with Gasteiger partial charge in [0.05, 0.1) is 11.1 Å². The van der Waals surface area contributed by atoms with Crippen LogP contribution in [0.25, 0.3) is 10.9 Å². The van der Waals surface area contributed by atoms with Crippen molar-refractivity contribution in [3.63, 3.8) is 0 Å². The molecule has 0 atom stereocenters. The van der Waals surface area contributed by atoms with Crippen molar-refractivity contribution in [1.29, 1.82) is 0 Å². The van der Waals surface area contributed by atoms with Gasteiger partial charge in [0.2, 0.25) is 0 Å². The molecular formula is C21H18ClFN2O3. The molecule has 5 nitrogen and oxygen atoms in total. The lowest BCUT2D eigenvalue weighted by atomic mass is 10.1. The number of fused-ring (bicyclic) bond motifs is 1. The molecule has 7 heteroatoms. The predicted octanol–water partition coefficient (Wildman–Crippen LogP) is 4.23. The minimum absolute atomic E-state index is 0.243. The van der Waals surface area contributed by atoms with Crippen LogP contribution in [0.2, 0.25) is 5.15 Å². The summed E-state index contributed by atoms with van der Waals surface area (Å²) in [5.41, 5.74) is 1.65. The molecule has 0 aliphatic carbocycles. The van der Waals surface area contributed by atoms with Gasteiger partial charge in [0.1, 0.15) is 11.0 Å². The number of nitrogens with zero attached hydrogens (tertiary/aromatic N) is 2. The van der Waals surface area contributed by atoms with Crippen molar-refractivity contribution in [1.82, 2.24) is 9.88 Å². The molecular weight excluding hydrogens is 383 g/mol. The fourth-order valence-corrected chi connectivity index (χ4v) is 2.92. The van der Waals surface area contributed by atoms with E-state index in [9.17, 15) is 14.0 Å². The highest BCUT2D eigenvalue weighted by Crippen LogP contribution is 2.17. The standard InChI is InChI=1S/C21H18ClFN2O3/c1-2-25(12-14-4-3-5-17(23)10-14)20(26)13-28-21(27)16-6-8-18-15(11-16)7-9-19(22)24-18/h3-11H,2,12-13H2,1H3. The molecule has 0 saturated carbocycles. The molecule has 0 fully saturated rings. The van der Waals surface area contributed by atoms with Crippen LogP contribution in [-0.4, -0.2) is 34.9 Å². The summed E-state index contributed by atoms with van der Waals surface area (Å²) in [4.78, 5) is 30.3. The fourth-order valence-electron chi connectivity index (χ4n) is 2.76. The molecule has 0 N–H and O–H groups in total. The summed E-state index contributed by atoms with van der Waals surface area (Å²) in [7, 11) is 0. The molecule has 3 rings (SSSR count). The molecule has 0 saturated heterocycles. The fraction of sp³-hybridized carbons (Fsp3) is 0.190. The van der Waals surface area contributed by atoms with Crippen molar-refractivity contribution in [3.8, 4) is 0 Å². The molecule has 0 bridgehead atoms. The maximum Gasteiger partial charge on any atom is 0.338 e. The van der Waals surface area contributed by atoms with Crippen molar-refractivity contribution in [2.45, 2.75) is 13.5 Å². The van der Waals surface area contributed by atoms with Crippen LogP contribution in [0.15, 0.2) is 54.6 Å². The van der Waals surface area contributed by atoms with E-state index >= 15 is 0 Å². The van der Waals surface area contributed by atoms with E-state index < -0.39 is 5.97 Å². The number of hydrogen-bond donors (Lipinski definition) is 0. The van der Waals surface area contributed by atoms with Gasteiger partial charge in [0.25, 0.3) is 5.91 Å². The van der Waals surface area contributed by atoms with Crippen LogP contribution in [0.3, 0.4) is 0 Å². The number of likely N-dealkylation sites (N-methyl/N-ethyl adjacent to an activating group) is 1. The molecule has 144 valence electrons. The Morgan fingerprint density at radius 2 is 1.96 bits per heavy atom. The first-order chi connectivity index (χ1) is 13.5. The van der Waals surface area contributed by atoms with Crippen molar-refractivity contribution in [3.05, 3.63) is 76.7 Å². The number of carbonyl (C=O) groups excluding carboxylic acids is 2. The number of aromatic nitrogens is 1. The Labute approximate surface area is 166 Å². The van der Waals surface area contributed by atoms with E-state index in [2.05, 4.69) is 4.98 Å². The number of benzene rings is 2. The van der Waals surface area contributed by atoms with E-state index in [1.54, 1.807) is 49.4 Å². The van der Waals surface area contributed by atoms with Gasteiger partial charge in [-0.2, -0.15) is 0 Å². The van der Waals surface area contributed by atoms with Crippen LogP contribution in [-0.2, 0) is 16.1 Å². The maximum absolute atomic E-state index is 13.3. The highest BCUT2D eigenvalue weighted by molar-refractivity contribution is 6.29. The first-order valence-corrected chi connectivity index (χ1v) is 9.09. The molecule has 0 aliphatic heterocycles. The summed E-state index contributed by atoms with van der Waals surface area (Å²) in [5, 5.41) is 1.11. The average molecular weight is 401 g/mol. The second kappa shape index (κ2) is 8.80. The van der Waals surface area contributed by atoms with E-state index in [-0.39, 0.29) is 24.9 Å². The number of hydrogen-bond acceptors (Lipinski definition) is 4. The van der Waals surface area contributed by atoms with Gasteiger partial charge in [-0.25, -0.2) is 14.2 Å². The molecule has 1 aromatic heterocycles. The molecule has 0 unspecified atom stereocenters. The van der Waals surface area contributed by atoms with Gasteiger partial charge in [0.15, 0.2) is 6.61 Å². The van der Waals surface area contributed by atoms with Gasteiger partial charge in [0, 0.05) is 18.5 Å². The Kier molecular flexibility index (Phi) is 6.21. The number of pyridine rings is 1. The summed E-state index contributed by atoms with van der Waals surface area (Å²) in [5.74, 6) is -1.32. The third-order valence-electron chi connectivity index (χ3n) is 4.21. The Hall–Kier alpha value is -2.99. The van der Waals surface area contributed by atoms with E-state index in [0.29, 0.717) is 28.3 Å². The van der Waals surface area contributed by atoms with Crippen LogP contribution < -0.4 is 0 Å². The van der Waals surface area contributed by atoms with Crippen LogP contribution in [0, 0.1) is 5.82 Å². The SMILES string of the molecule is CCN(Cc1cccc(F)c1)C(=O)COC(=O)c1ccc2nc(Cl)ccc2c1. The molecule has 1 amide bonds. The minimum atomic E-state index is -0.605. The van der Waals surface area contributed by atoms with Gasteiger partial charge in [-0.1, -0.05) is 23.7 Å². The number of carbonyl (C=O) groups is 2. The van der Waals surface area contributed by atoms with E-state index in [1.165, 1.54) is 17.0 Å². The van der Waals surface area contributed by atoms with Crippen molar-refractivity contribution < 1.29 is 18.7 Å². The van der Waals surface area contributed by atoms with E-state index in [0.717, 1.165) is 5.39 Å². The molecule has 1 heterocycles. The molecule has 0 spiro atoms.